The number of anilines is 1. The molecule has 0 spiro atoms. The van der Waals surface area contributed by atoms with Crippen molar-refractivity contribution in [2.75, 3.05) is 11.9 Å². The Balaban J connectivity index is 1.48. The molecule has 1 aliphatic heterocycles. The van der Waals surface area contributed by atoms with Crippen molar-refractivity contribution in [2.24, 2.45) is 23.7 Å². The van der Waals surface area contributed by atoms with Gasteiger partial charge in [0.15, 0.2) is 0 Å². The van der Waals surface area contributed by atoms with Crippen molar-refractivity contribution < 1.29 is 19.5 Å². The highest BCUT2D eigenvalue weighted by atomic mass is 79.9. The zero-order chi connectivity index (χ0) is 17.9. The van der Waals surface area contributed by atoms with Crippen LogP contribution in [0.4, 0.5) is 5.69 Å². The molecule has 2 saturated carbocycles. The van der Waals surface area contributed by atoms with Gasteiger partial charge in [-0.25, -0.2) is 0 Å². The zero-order valence-electron chi connectivity index (χ0n) is 13.1. The molecule has 6 atom stereocenters. The van der Waals surface area contributed by atoms with E-state index in [1.165, 1.54) is 12.1 Å². The number of imide groups is 1. The number of nitrogens with zero attached hydrogens (tertiary/aromatic N) is 1. The maximum atomic E-state index is 12.7. The van der Waals surface area contributed by atoms with E-state index in [9.17, 15) is 19.5 Å². The predicted molar refractivity (Wildman–Crippen MR) is 97.5 cm³/mol. The highest BCUT2D eigenvalue weighted by molar-refractivity contribution is 9.12. The molecule has 0 radical (unpaired) electrons. The van der Waals surface area contributed by atoms with E-state index in [-0.39, 0.29) is 57.4 Å². The van der Waals surface area contributed by atoms with Crippen LogP contribution in [0.1, 0.15) is 6.42 Å². The van der Waals surface area contributed by atoms with Gasteiger partial charge in [-0.2, -0.15) is 0 Å². The molecule has 1 heterocycles. The minimum absolute atomic E-state index is 0.0314. The molecular formula is C17H16Br2N2O4. The number of phenols is 1. The fourth-order valence-electron chi connectivity index (χ4n) is 4.49. The van der Waals surface area contributed by atoms with Gasteiger partial charge in [-0.1, -0.05) is 37.9 Å². The van der Waals surface area contributed by atoms with E-state index in [0.717, 1.165) is 11.3 Å². The quantitative estimate of drug-likeness (QED) is 0.522. The largest absolute Gasteiger partial charge is 0.508 e. The van der Waals surface area contributed by atoms with Crippen LogP contribution in [0.3, 0.4) is 0 Å². The van der Waals surface area contributed by atoms with Crippen molar-refractivity contribution in [3.05, 3.63) is 24.3 Å². The third kappa shape index (κ3) is 2.61. The van der Waals surface area contributed by atoms with Crippen LogP contribution in [0.5, 0.6) is 5.75 Å². The number of carbonyl (C=O) groups excluding carboxylic acids is 3. The summed E-state index contributed by atoms with van der Waals surface area (Å²) >= 11 is 7.27. The normalized spacial score (nSPS) is 36.0. The fraction of sp³-hybridized carbons (Fsp3) is 0.471. The average molecular weight is 472 g/mol. The summed E-state index contributed by atoms with van der Waals surface area (Å²) in [6.45, 7) is -0.292. The fourth-order valence-corrected chi connectivity index (χ4v) is 6.37. The Hall–Kier alpha value is -1.41. The molecule has 3 aliphatic rings. The van der Waals surface area contributed by atoms with Crippen LogP contribution in [0, 0.1) is 23.7 Å². The van der Waals surface area contributed by atoms with Crippen molar-refractivity contribution >= 4 is 55.3 Å². The number of hydrogen-bond donors (Lipinski definition) is 2. The monoisotopic (exact) mass is 470 g/mol. The van der Waals surface area contributed by atoms with Crippen LogP contribution in [0.25, 0.3) is 0 Å². The minimum atomic E-state index is -0.453. The number of carbonyl (C=O) groups is 3. The summed E-state index contributed by atoms with van der Waals surface area (Å²) in [4.78, 5) is 39.2. The molecular weight excluding hydrogens is 456 g/mol. The molecule has 1 saturated heterocycles. The van der Waals surface area contributed by atoms with Crippen LogP contribution in [-0.2, 0) is 14.4 Å². The molecule has 0 aromatic heterocycles. The van der Waals surface area contributed by atoms with Crippen LogP contribution in [-0.4, -0.2) is 43.9 Å². The summed E-state index contributed by atoms with van der Waals surface area (Å²) in [5, 5.41) is 12.0. The first kappa shape index (κ1) is 17.0. The SMILES string of the molecule is O=C(CN1C(=O)[C@@H]2[C@H]3C[C@H]([C@H](Br)[C@@H]3Br)[C@@H]2C1=O)Nc1cccc(O)c1. The molecule has 1 aromatic rings. The van der Waals surface area contributed by atoms with E-state index in [1.807, 2.05) is 0 Å². The van der Waals surface area contributed by atoms with E-state index in [1.54, 1.807) is 12.1 Å². The Labute approximate surface area is 161 Å². The van der Waals surface area contributed by atoms with E-state index >= 15 is 0 Å². The Morgan fingerprint density at radius 3 is 2.32 bits per heavy atom. The van der Waals surface area contributed by atoms with Crippen LogP contribution in [0.15, 0.2) is 24.3 Å². The van der Waals surface area contributed by atoms with Gasteiger partial charge in [0.1, 0.15) is 12.3 Å². The van der Waals surface area contributed by atoms with E-state index < -0.39 is 5.91 Å². The number of aromatic hydroxyl groups is 1. The van der Waals surface area contributed by atoms with Crippen LogP contribution < -0.4 is 5.32 Å². The summed E-state index contributed by atoms with van der Waals surface area (Å²) in [7, 11) is 0. The second-order valence-electron chi connectivity index (χ2n) is 6.86. The first-order chi connectivity index (χ1) is 11.9. The average Bonchev–Trinajstić information content (AvgIpc) is 3.15. The number of rotatable bonds is 3. The number of halogens is 2. The Morgan fingerprint density at radius 1 is 1.16 bits per heavy atom. The third-order valence-electron chi connectivity index (χ3n) is 5.51. The zero-order valence-corrected chi connectivity index (χ0v) is 16.2. The third-order valence-corrected chi connectivity index (χ3v) is 8.72. The van der Waals surface area contributed by atoms with E-state index in [2.05, 4.69) is 37.2 Å². The number of hydrogen-bond acceptors (Lipinski definition) is 4. The number of phenolic OH excluding ortho intramolecular Hbond substituents is 1. The topological polar surface area (TPSA) is 86.7 Å². The van der Waals surface area contributed by atoms with Crippen LogP contribution in [0.2, 0.25) is 0 Å². The molecule has 3 amide bonds. The first-order valence-corrected chi connectivity index (χ1v) is 9.94. The van der Waals surface area contributed by atoms with Gasteiger partial charge in [-0.15, -0.1) is 0 Å². The van der Waals surface area contributed by atoms with Crippen molar-refractivity contribution in [1.29, 1.82) is 0 Å². The molecule has 1 aromatic carbocycles. The number of benzene rings is 1. The molecule has 2 bridgehead atoms. The molecule has 6 nitrogen and oxygen atoms in total. The molecule has 132 valence electrons. The maximum Gasteiger partial charge on any atom is 0.244 e. The summed E-state index contributed by atoms with van der Waals surface area (Å²) < 4.78 is 0. The second-order valence-corrected chi connectivity index (χ2v) is 8.98. The van der Waals surface area contributed by atoms with Gasteiger partial charge < -0.3 is 10.4 Å². The number of fused-ring (bicyclic) bond motifs is 5. The van der Waals surface area contributed by atoms with E-state index in [4.69, 9.17) is 0 Å². The second kappa shape index (κ2) is 6.09. The molecule has 0 unspecified atom stereocenters. The maximum absolute atomic E-state index is 12.7. The van der Waals surface area contributed by atoms with Gasteiger partial charge in [0.05, 0.1) is 11.8 Å². The van der Waals surface area contributed by atoms with E-state index in [0.29, 0.717) is 5.69 Å². The van der Waals surface area contributed by atoms with Gasteiger partial charge in [0.25, 0.3) is 0 Å². The van der Waals surface area contributed by atoms with Crippen molar-refractivity contribution in [3.63, 3.8) is 0 Å². The molecule has 4 rings (SSSR count). The van der Waals surface area contributed by atoms with Crippen molar-refractivity contribution in [1.82, 2.24) is 4.90 Å². The molecule has 3 fully saturated rings. The highest BCUT2D eigenvalue weighted by Gasteiger charge is 2.66. The number of likely N-dealkylation sites (tertiary alicyclic amines) is 1. The highest BCUT2D eigenvalue weighted by Crippen LogP contribution is 2.60. The Bertz CT molecular complexity index is 739. The number of amides is 3. The standard InChI is InChI=1S/C17H16Br2N2O4/c18-14-9-5-10(15(14)19)13-12(9)16(24)21(17(13)25)6-11(23)20-7-2-1-3-8(22)4-7/h1-4,9-10,12-15,22H,5-6H2,(H,20,23)/t9-,10+,12-,13+,14-,15+. The lowest BCUT2D eigenvalue weighted by Crippen LogP contribution is -2.39. The number of alkyl halides is 2. The smallest absolute Gasteiger partial charge is 0.244 e. The summed E-state index contributed by atoms with van der Waals surface area (Å²) in [6, 6.07) is 6.13. The minimum Gasteiger partial charge on any atom is -0.508 e. The Kier molecular flexibility index (Phi) is 4.15. The van der Waals surface area contributed by atoms with Gasteiger partial charge in [0.2, 0.25) is 17.7 Å². The van der Waals surface area contributed by atoms with Gasteiger partial charge in [-0.3, -0.25) is 19.3 Å². The van der Waals surface area contributed by atoms with Crippen molar-refractivity contribution in [2.45, 2.75) is 16.1 Å². The summed E-state index contributed by atoms with van der Waals surface area (Å²) in [6.07, 6.45) is 0.863. The number of nitrogens with one attached hydrogen (secondary N) is 1. The first-order valence-electron chi connectivity index (χ1n) is 8.10. The Morgan fingerprint density at radius 2 is 1.76 bits per heavy atom. The van der Waals surface area contributed by atoms with Crippen molar-refractivity contribution in [3.8, 4) is 5.75 Å². The summed E-state index contributed by atoms with van der Waals surface area (Å²) in [5.41, 5.74) is 0.422. The molecule has 2 N–H and O–H groups in total. The lowest BCUT2D eigenvalue weighted by Gasteiger charge is -2.28. The lowest BCUT2D eigenvalue weighted by atomic mass is 9.81. The van der Waals surface area contributed by atoms with Gasteiger partial charge in [-0.05, 0) is 30.4 Å². The predicted octanol–water partition coefficient (Wildman–Crippen LogP) is 2.11. The lowest BCUT2D eigenvalue weighted by molar-refractivity contribution is -0.143. The molecule has 2 aliphatic carbocycles. The van der Waals surface area contributed by atoms with Gasteiger partial charge >= 0.3 is 0 Å². The van der Waals surface area contributed by atoms with Gasteiger partial charge in [0, 0.05) is 21.4 Å². The molecule has 8 heteroatoms. The summed E-state index contributed by atoms with van der Waals surface area (Å²) in [5.74, 6) is -1.26. The van der Waals surface area contributed by atoms with Crippen LogP contribution >= 0.6 is 31.9 Å². The molecule has 25 heavy (non-hydrogen) atoms.